The van der Waals surface area contributed by atoms with E-state index in [1.54, 1.807) is 17.8 Å². The molecule has 0 saturated heterocycles. The highest BCUT2D eigenvalue weighted by atomic mass is 16.2. The predicted molar refractivity (Wildman–Crippen MR) is 69.3 cm³/mol. The van der Waals surface area contributed by atoms with Crippen LogP contribution in [0.3, 0.4) is 0 Å². The van der Waals surface area contributed by atoms with E-state index in [0.717, 1.165) is 5.69 Å². The van der Waals surface area contributed by atoms with Gasteiger partial charge in [0.1, 0.15) is 5.82 Å². The van der Waals surface area contributed by atoms with E-state index >= 15 is 0 Å². The minimum atomic E-state index is -0.247. The number of nitrogens with zero attached hydrogens (tertiary/aromatic N) is 2. The third-order valence-corrected chi connectivity index (χ3v) is 2.45. The molecule has 0 atom stereocenters. The van der Waals surface area contributed by atoms with Crippen LogP contribution in [0.4, 0.5) is 10.6 Å². The van der Waals surface area contributed by atoms with Crippen molar-refractivity contribution in [1.82, 2.24) is 20.4 Å². The number of aromatic nitrogens is 2. The van der Waals surface area contributed by atoms with Crippen LogP contribution in [-0.4, -0.2) is 22.9 Å². The summed E-state index contributed by atoms with van der Waals surface area (Å²) >= 11 is 0. The van der Waals surface area contributed by atoms with Crippen LogP contribution in [0.5, 0.6) is 0 Å². The molecule has 2 amide bonds. The van der Waals surface area contributed by atoms with Gasteiger partial charge in [-0.2, -0.15) is 5.10 Å². The third kappa shape index (κ3) is 2.60. The second-order valence-corrected chi connectivity index (χ2v) is 3.74. The number of nitrogens with one attached hydrogen (secondary N) is 2. The minimum Gasteiger partial charge on any atom is -0.384 e. The number of nitrogen functional groups attached to an aromatic ring is 1. The Bertz CT molecular complexity index is 535. The summed E-state index contributed by atoms with van der Waals surface area (Å²) in [6, 6.07) is 11.1. The molecule has 0 spiro atoms. The molecule has 0 unspecified atom stereocenters. The molecule has 1 aromatic carbocycles. The van der Waals surface area contributed by atoms with Gasteiger partial charge in [0, 0.05) is 13.1 Å². The number of anilines is 1. The lowest BCUT2D eigenvalue weighted by molar-refractivity contribution is 0.242. The zero-order valence-electron chi connectivity index (χ0n) is 10.1. The fourth-order valence-corrected chi connectivity index (χ4v) is 1.57. The Morgan fingerprint density at radius 1 is 1.39 bits per heavy atom. The molecule has 6 nitrogen and oxygen atoms in total. The van der Waals surface area contributed by atoms with Gasteiger partial charge in [-0.15, -0.1) is 0 Å². The summed E-state index contributed by atoms with van der Waals surface area (Å²) in [5, 5.41) is 9.47. The Balaban J connectivity index is 2.15. The van der Waals surface area contributed by atoms with Crippen LogP contribution in [0.2, 0.25) is 0 Å². The Labute approximate surface area is 105 Å². The van der Waals surface area contributed by atoms with Gasteiger partial charge in [-0.25, -0.2) is 9.48 Å². The van der Waals surface area contributed by atoms with Crippen molar-refractivity contribution in [2.45, 2.75) is 6.54 Å². The summed E-state index contributed by atoms with van der Waals surface area (Å²) in [7, 11) is 1.56. The van der Waals surface area contributed by atoms with Crippen molar-refractivity contribution < 1.29 is 4.79 Å². The van der Waals surface area contributed by atoms with Crippen LogP contribution in [-0.2, 0) is 6.54 Å². The monoisotopic (exact) mass is 245 g/mol. The van der Waals surface area contributed by atoms with Crippen molar-refractivity contribution in [2.75, 3.05) is 12.8 Å². The summed E-state index contributed by atoms with van der Waals surface area (Å²) in [6.45, 7) is 0.337. The molecule has 0 bridgehead atoms. The van der Waals surface area contributed by atoms with Crippen LogP contribution < -0.4 is 16.4 Å². The fraction of sp³-hybridized carbons (Fsp3) is 0.167. The Morgan fingerprint density at radius 3 is 2.78 bits per heavy atom. The van der Waals surface area contributed by atoms with E-state index in [9.17, 15) is 4.79 Å². The van der Waals surface area contributed by atoms with Crippen LogP contribution >= 0.6 is 0 Å². The Hall–Kier alpha value is -2.50. The number of hydrogen-bond donors (Lipinski definition) is 3. The molecular formula is C12H15N5O. The maximum Gasteiger partial charge on any atom is 0.314 e. The second-order valence-electron chi connectivity index (χ2n) is 3.74. The maximum atomic E-state index is 11.1. The highest BCUT2D eigenvalue weighted by molar-refractivity contribution is 5.73. The highest BCUT2D eigenvalue weighted by Crippen LogP contribution is 2.13. The van der Waals surface area contributed by atoms with Crippen molar-refractivity contribution in [1.29, 1.82) is 0 Å². The summed E-state index contributed by atoms with van der Waals surface area (Å²) < 4.78 is 1.64. The number of carbonyl (C=O) groups is 1. The third-order valence-electron chi connectivity index (χ3n) is 2.45. The lowest BCUT2D eigenvalue weighted by Crippen LogP contribution is -2.32. The van der Waals surface area contributed by atoms with E-state index < -0.39 is 0 Å². The zero-order chi connectivity index (χ0) is 13.0. The molecule has 6 heteroatoms. The van der Waals surface area contributed by atoms with E-state index in [1.807, 2.05) is 30.3 Å². The van der Waals surface area contributed by atoms with Gasteiger partial charge in [-0.05, 0) is 12.1 Å². The number of amides is 2. The molecule has 0 aliphatic heterocycles. The number of para-hydroxylation sites is 1. The van der Waals surface area contributed by atoms with Gasteiger partial charge in [0.15, 0.2) is 0 Å². The van der Waals surface area contributed by atoms with E-state index in [4.69, 9.17) is 5.73 Å². The number of carbonyl (C=O) groups excluding carboxylic acids is 1. The first-order chi connectivity index (χ1) is 8.70. The zero-order valence-corrected chi connectivity index (χ0v) is 10.1. The van der Waals surface area contributed by atoms with Gasteiger partial charge in [-0.3, -0.25) is 0 Å². The van der Waals surface area contributed by atoms with E-state index in [0.29, 0.717) is 18.1 Å². The lowest BCUT2D eigenvalue weighted by atomic mass is 10.3. The first-order valence-corrected chi connectivity index (χ1v) is 5.56. The average Bonchev–Trinajstić information content (AvgIpc) is 2.78. The standard InChI is InChI=1S/C12H15N5O/c1-14-12(18)15-8-9-7-11(13)17(16-9)10-5-3-2-4-6-10/h2-7H,8,13H2,1H3,(H2,14,15,18). The largest absolute Gasteiger partial charge is 0.384 e. The molecule has 0 saturated carbocycles. The molecular weight excluding hydrogens is 230 g/mol. The smallest absolute Gasteiger partial charge is 0.314 e. The summed E-state index contributed by atoms with van der Waals surface area (Å²) in [5.74, 6) is 0.537. The quantitative estimate of drug-likeness (QED) is 0.750. The lowest BCUT2D eigenvalue weighted by Gasteiger charge is -2.03. The molecule has 0 fully saturated rings. The minimum absolute atomic E-state index is 0.247. The van der Waals surface area contributed by atoms with Gasteiger partial charge in [-0.1, -0.05) is 18.2 Å². The van der Waals surface area contributed by atoms with Gasteiger partial charge in [0.2, 0.25) is 0 Å². The van der Waals surface area contributed by atoms with Gasteiger partial charge in [0.25, 0.3) is 0 Å². The number of rotatable bonds is 3. The highest BCUT2D eigenvalue weighted by Gasteiger charge is 2.07. The van der Waals surface area contributed by atoms with Crippen molar-refractivity contribution in [3.05, 3.63) is 42.1 Å². The van der Waals surface area contributed by atoms with Crippen molar-refractivity contribution in [2.24, 2.45) is 0 Å². The van der Waals surface area contributed by atoms with Gasteiger partial charge in [0.05, 0.1) is 17.9 Å². The van der Waals surface area contributed by atoms with Crippen molar-refractivity contribution >= 4 is 11.8 Å². The van der Waals surface area contributed by atoms with Crippen LogP contribution in [0.1, 0.15) is 5.69 Å². The number of hydrogen-bond acceptors (Lipinski definition) is 3. The van der Waals surface area contributed by atoms with Crippen molar-refractivity contribution in [3.63, 3.8) is 0 Å². The Kier molecular flexibility index (Phi) is 3.47. The van der Waals surface area contributed by atoms with Crippen molar-refractivity contribution in [3.8, 4) is 5.69 Å². The molecule has 0 aliphatic carbocycles. The van der Waals surface area contributed by atoms with E-state index in [1.165, 1.54) is 0 Å². The summed E-state index contributed by atoms with van der Waals surface area (Å²) in [4.78, 5) is 11.1. The van der Waals surface area contributed by atoms with Gasteiger partial charge < -0.3 is 16.4 Å². The molecule has 18 heavy (non-hydrogen) atoms. The first kappa shape index (κ1) is 12.0. The number of benzene rings is 1. The molecule has 94 valence electrons. The molecule has 1 heterocycles. The predicted octanol–water partition coefficient (Wildman–Crippen LogP) is 0.883. The second kappa shape index (κ2) is 5.22. The number of urea groups is 1. The Morgan fingerprint density at radius 2 is 2.11 bits per heavy atom. The molecule has 1 aromatic heterocycles. The SMILES string of the molecule is CNC(=O)NCc1cc(N)n(-c2ccccc2)n1. The average molecular weight is 245 g/mol. The molecule has 4 N–H and O–H groups in total. The van der Waals surface area contributed by atoms with E-state index in [-0.39, 0.29) is 6.03 Å². The first-order valence-electron chi connectivity index (χ1n) is 5.56. The van der Waals surface area contributed by atoms with Crippen LogP contribution in [0.15, 0.2) is 36.4 Å². The maximum absolute atomic E-state index is 11.1. The fourth-order valence-electron chi connectivity index (χ4n) is 1.57. The molecule has 2 rings (SSSR count). The molecule has 0 radical (unpaired) electrons. The number of nitrogens with two attached hydrogens (primary N) is 1. The molecule has 2 aromatic rings. The topological polar surface area (TPSA) is 85.0 Å². The normalized spacial score (nSPS) is 10.1. The van der Waals surface area contributed by atoms with E-state index in [2.05, 4.69) is 15.7 Å². The van der Waals surface area contributed by atoms with Gasteiger partial charge >= 0.3 is 6.03 Å². The summed E-state index contributed by atoms with van der Waals surface area (Å²) in [5.41, 5.74) is 7.48. The van der Waals surface area contributed by atoms with Crippen LogP contribution in [0, 0.1) is 0 Å². The van der Waals surface area contributed by atoms with Crippen LogP contribution in [0.25, 0.3) is 5.69 Å². The summed E-state index contributed by atoms with van der Waals surface area (Å²) in [6.07, 6.45) is 0. The molecule has 0 aliphatic rings.